The number of rotatable bonds is 3. The standard InChI is InChI=1S/C23H21N7OS/c1-13-8-17(6-7-31-13)30-21(10-16-12-29-23(26-16)32-14(2)28-29)27-20-11-25-19-5-4-15(24-3)9-18(19)22(20)30/h4-5,9,11-13,17H,6-8,10H2,1-2H3/t13-,17-/m1/s1. The van der Waals surface area contributed by atoms with E-state index in [1.165, 1.54) is 0 Å². The van der Waals surface area contributed by atoms with E-state index in [1.807, 2.05) is 42.0 Å². The first-order valence-corrected chi connectivity index (χ1v) is 11.5. The van der Waals surface area contributed by atoms with Gasteiger partial charge in [-0.05, 0) is 38.8 Å². The van der Waals surface area contributed by atoms with Crippen LogP contribution in [0.3, 0.4) is 0 Å². The van der Waals surface area contributed by atoms with Gasteiger partial charge in [-0.15, -0.1) is 0 Å². The summed E-state index contributed by atoms with van der Waals surface area (Å²) < 4.78 is 10.0. The fraction of sp³-hybridized carbons (Fsp3) is 0.348. The number of hydrogen-bond donors (Lipinski definition) is 0. The first kappa shape index (κ1) is 19.3. The van der Waals surface area contributed by atoms with Crippen LogP contribution in [0.1, 0.15) is 42.3 Å². The molecular formula is C23H21N7OS. The van der Waals surface area contributed by atoms with Gasteiger partial charge in [-0.3, -0.25) is 4.98 Å². The highest BCUT2D eigenvalue weighted by Crippen LogP contribution is 2.35. The van der Waals surface area contributed by atoms with Crippen molar-refractivity contribution in [2.24, 2.45) is 0 Å². The minimum absolute atomic E-state index is 0.191. The highest BCUT2D eigenvalue weighted by molar-refractivity contribution is 7.16. The maximum atomic E-state index is 7.46. The van der Waals surface area contributed by atoms with Crippen molar-refractivity contribution in [2.75, 3.05) is 6.61 Å². The molecule has 5 heterocycles. The van der Waals surface area contributed by atoms with Crippen molar-refractivity contribution >= 4 is 43.9 Å². The molecule has 0 amide bonds. The fourth-order valence-electron chi connectivity index (χ4n) is 4.70. The number of nitrogens with zero attached hydrogens (tertiary/aromatic N) is 7. The third-order valence-electron chi connectivity index (χ3n) is 6.06. The number of pyridine rings is 1. The van der Waals surface area contributed by atoms with Gasteiger partial charge in [0.2, 0.25) is 4.96 Å². The molecule has 0 spiro atoms. The van der Waals surface area contributed by atoms with Gasteiger partial charge in [0.25, 0.3) is 0 Å². The third-order valence-corrected chi connectivity index (χ3v) is 6.90. The summed E-state index contributed by atoms with van der Waals surface area (Å²) in [4.78, 5) is 18.9. The van der Waals surface area contributed by atoms with E-state index in [0.717, 1.165) is 62.9 Å². The fourth-order valence-corrected chi connectivity index (χ4v) is 5.44. The SMILES string of the molecule is [C-]#[N+]c1ccc2ncc3nc(Cc4cn5nc(C)sc5n4)n([C@@H]4CCO[C@H](C)C4)c3c2c1. The molecule has 0 aliphatic carbocycles. The van der Waals surface area contributed by atoms with Gasteiger partial charge in [0, 0.05) is 24.5 Å². The number of fused-ring (bicyclic) bond motifs is 4. The second kappa shape index (κ2) is 7.36. The zero-order valence-electron chi connectivity index (χ0n) is 17.8. The summed E-state index contributed by atoms with van der Waals surface area (Å²) in [6.45, 7) is 12.3. The molecule has 1 aliphatic rings. The molecule has 6 rings (SSSR count). The van der Waals surface area contributed by atoms with Crippen molar-refractivity contribution in [3.63, 3.8) is 0 Å². The molecule has 8 nitrogen and oxygen atoms in total. The molecule has 5 aromatic rings. The normalized spacial score (nSPS) is 19.2. The summed E-state index contributed by atoms with van der Waals surface area (Å²) in [5.74, 6) is 0.962. The topological polar surface area (TPSA) is 74.5 Å². The van der Waals surface area contributed by atoms with Crippen molar-refractivity contribution in [3.8, 4) is 0 Å². The van der Waals surface area contributed by atoms with Crippen molar-refractivity contribution in [3.05, 3.63) is 58.5 Å². The molecule has 0 radical (unpaired) electrons. The molecule has 1 aliphatic heterocycles. The number of hydrogen-bond acceptors (Lipinski definition) is 6. The van der Waals surface area contributed by atoms with Gasteiger partial charge in [-0.2, -0.15) is 5.10 Å². The van der Waals surface area contributed by atoms with E-state index in [2.05, 4.69) is 26.4 Å². The Bertz CT molecular complexity index is 1490. The summed E-state index contributed by atoms with van der Waals surface area (Å²) in [6.07, 6.45) is 6.48. The predicted molar refractivity (Wildman–Crippen MR) is 123 cm³/mol. The van der Waals surface area contributed by atoms with Crippen molar-refractivity contribution < 1.29 is 4.74 Å². The average Bonchev–Trinajstić information content (AvgIpc) is 3.43. The molecule has 9 heteroatoms. The van der Waals surface area contributed by atoms with Gasteiger partial charge in [0.15, 0.2) is 5.69 Å². The minimum Gasteiger partial charge on any atom is -0.378 e. The Hall–Kier alpha value is -3.35. The Morgan fingerprint density at radius 2 is 2.19 bits per heavy atom. The summed E-state index contributed by atoms with van der Waals surface area (Å²) >= 11 is 1.59. The lowest BCUT2D eigenvalue weighted by Gasteiger charge is -2.30. The molecule has 2 atom stereocenters. The van der Waals surface area contributed by atoms with Crippen LogP contribution < -0.4 is 0 Å². The van der Waals surface area contributed by atoms with Crippen LogP contribution >= 0.6 is 11.3 Å². The molecule has 1 fully saturated rings. The Balaban J connectivity index is 1.56. The van der Waals surface area contributed by atoms with Crippen LogP contribution in [0.25, 0.3) is 31.7 Å². The second-order valence-electron chi connectivity index (χ2n) is 8.32. The van der Waals surface area contributed by atoms with Crippen LogP contribution in [0.15, 0.2) is 30.6 Å². The van der Waals surface area contributed by atoms with E-state index in [4.69, 9.17) is 21.3 Å². The van der Waals surface area contributed by atoms with Crippen LogP contribution in [0.2, 0.25) is 0 Å². The van der Waals surface area contributed by atoms with E-state index in [9.17, 15) is 0 Å². The number of benzene rings is 1. The highest BCUT2D eigenvalue weighted by atomic mass is 32.1. The monoisotopic (exact) mass is 443 g/mol. The van der Waals surface area contributed by atoms with E-state index in [1.54, 1.807) is 11.3 Å². The molecule has 1 saturated heterocycles. The molecule has 0 saturated carbocycles. The smallest absolute Gasteiger partial charge is 0.212 e. The maximum absolute atomic E-state index is 7.46. The first-order chi connectivity index (χ1) is 15.6. The van der Waals surface area contributed by atoms with Crippen LogP contribution in [-0.4, -0.2) is 41.8 Å². The molecule has 0 N–H and O–H groups in total. The van der Waals surface area contributed by atoms with Crippen LogP contribution in [-0.2, 0) is 11.2 Å². The lowest BCUT2D eigenvalue weighted by atomic mass is 10.0. The van der Waals surface area contributed by atoms with Crippen LogP contribution in [0.5, 0.6) is 0 Å². The lowest BCUT2D eigenvalue weighted by molar-refractivity contribution is 0.00631. The van der Waals surface area contributed by atoms with Gasteiger partial charge in [0.05, 0.1) is 41.8 Å². The Kier molecular flexibility index (Phi) is 4.45. The summed E-state index contributed by atoms with van der Waals surface area (Å²) in [6, 6.07) is 5.94. The summed E-state index contributed by atoms with van der Waals surface area (Å²) in [7, 11) is 0. The zero-order chi connectivity index (χ0) is 21.8. The molecule has 32 heavy (non-hydrogen) atoms. The minimum atomic E-state index is 0.191. The third kappa shape index (κ3) is 3.15. The van der Waals surface area contributed by atoms with Gasteiger partial charge in [0.1, 0.15) is 16.3 Å². The molecule has 0 unspecified atom stereocenters. The van der Waals surface area contributed by atoms with E-state index < -0.39 is 0 Å². The van der Waals surface area contributed by atoms with Crippen molar-refractivity contribution in [2.45, 2.75) is 45.3 Å². The number of imidazole rings is 2. The Morgan fingerprint density at radius 3 is 3.00 bits per heavy atom. The molecule has 1 aromatic carbocycles. The second-order valence-corrected chi connectivity index (χ2v) is 9.48. The summed E-state index contributed by atoms with van der Waals surface area (Å²) in [5.41, 5.74) is 4.32. The molecule has 0 bridgehead atoms. The van der Waals surface area contributed by atoms with E-state index in [0.29, 0.717) is 12.1 Å². The number of aromatic nitrogens is 6. The van der Waals surface area contributed by atoms with Crippen LogP contribution in [0, 0.1) is 13.5 Å². The largest absolute Gasteiger partial charge is 0.378 e. The van der Waals surface area contributed by atoms with Crippen molar-refractivity contribution in [1.82, 2.24) is 29.1 Å². The zero-order valence-corrected chi connectivity index (χ0v) is 18.6. The molecule has 4 aromatic heterocycles. The van der Waals surface area contributed by atoms with Crippen molar-refractivity contribution in [1.29, 1.82) is 0 Å². The molecule has 160 valence electrons. The van der Waals surface area contributed by atoms with E-state index >= 15 is 0 Å². The van der Waals surface area contributed by atoms with E-state index in [-0.39, 0.29) is 12.1 Å². The first-order valence-electron chi connectivity index (χ1n) is 10.7. The predicted octanol–water partition coefficient (Wildman–Crippen LogP) is 4.88. The number of aryl methyl sites for hydroxylation is 1. The van der Waals surface area contributed by atoms with Gasteiger partial charge in [-0.1, -0.05) is 17.4 Å². The van der Waals surface area contributed by atoms with Crippen LogP contribution in [0.4, 0.5) is 5.69 Å². The highest BCUT2D eigenvalue weighted by Gasteiger charge is 2.27. The Morgan fingerprint density at radius 1 is 1.28 bits per heavy atom. The van der Waals surface area contributed by atoms with Gasteiger partial charge < -0.3 is 9.30 Å². The quantitative estimate of drug-likeness (QED) is 0.372. The molecular weight excluding hydrogens is 422 g/mol. The number of ether oxygens (including phenoxy) is 1. The average molecular weight is 444 g/mol. The summed E-state index contributed by atoms with van der Waals surface area (Å²) in [5, 5.41) is 6.46. The maximum Gasteiger partial charge on any atom is 0.212 e. The van der Waals surface area contributed by atoms with Gasteiger partial charge in [-0.25, -0.2) is 19.3 Å². The van der Waals surface area contributed by atoms with Gasteiger partial charge >= 0.3 is 0 Å². The lowest BCUT2D eigenvalue weighted by Crippen LogP contribution is -2.26. The Labute approximate surface area is 188 Å².